The quantitative estimate of drug-likeness (QED) is 0.512. The highest BCUT2D eigenvalue weighted by molar-refractivity contribution is 5.95. The van der Waals surface area contributed by atoms with Crippen molar-refractivity contribution in [2.24, 2.45) is 0 Å². The Hall–Kier alpha value is -3.13. The van der Waals surface area contributed by atoms with E-state index in [0.717, 1.165) is 27.7 Å². The van der Waals surface area contributed by atoms with Crippen LogP contribution in [0.1, 0.15) is 5.56 Å². The molecule has 0 unspecified atom stereocenters. The van der Waals surface area contributed by atoms with Crippen molar-refractivity contribution < 1.29 is 0 Å². The number of rotatable bonds is 2. The first kappa shape index (κ1) is 14.5. The maximum Gasteiger partial charge on any atom is 0.256 e. The van der Waals surface area contributed by atoms with Gasteiger partial charge in [0, 0.05) is 17.1 Å². The summed E-state index contributed by atoms with van der Waals surface area (Å²) in [5.74, 6) is 0. The molecule has 4 rings (SSSR count). The molecule has 1 aromatic heterocycles. The Balaban J connectivity index is 2.06. The molecule has 0 N–H and O–H groups in total. The molecule has 0 aliphatic carbocycles. The highest BCUT2D eigenvalue weighted by Gasteiger charge is 2.11. The second-order valence-electron chi connectivity index (χ2n) is 5.95. The first-order valence-electron chi connectivity index (χ1n) is 8.01. The fourth-order valence-electron chi connectivity index (χ4n) is 3.10. The number of hydrogen-bond donors (Lipinski definition) is 0. The lowest BCUT2D eigenvalue weighted by molar-refractivity contribution is 1.04. The minimum Gasteiger partial charge on any atom is -0.277 e. The van der Waals surface area contributed by atoms with Gasteiger partial charge in [-0.1, -0.05) is 66.2 Å². The van der Waals surface area contributed by atoms with Crippen LogP contribution in [0.4, 0.5) is 0 Å². The lowest BCUT2D eigenvalue weighted by Crippen LogP contribution is -2.18. The zero-order chi connectivity index (χ0) is 16.5. The third-order valence-electron chi connectivity index (χ3n) is 4.30. The van der Waals surface area contributed by atoms with Crippen LogP contribution in [0.25, 0.3) is 27.7 Å². The van der Waals surface area contributed by atoms with Gasteiger partial charge < -0.3 is 0 Å². The third-order valence-corrected chi connectivity index (χ3v) is 4.30. The van der Waals surface area contributed by atoms with Crippen LogP contribution in [0.5, 0.6) is 0 Å². The van der Waals surface area contributed by atoms with E-state index in [2.05, 4.69) is 37.3 Å². The summed E-state index contributed by atoms with van der Waals surface area (Å²) >= 11 is 0. The molecule has 0 radical (unpaired) electrons. The summed E-state index contributed by atoms with van der Waals surface area (Å²) in [5.41, 5.74) is 5.04. The number of aryl methyl sites for hydroxylation is 1. The van der Waals surface area contributed by atoms with Gasteiger partial charge in [0.25, 0.3) is 5.56 Å². The number of nitrogens with zero attached hydrogens (tertiary/aromatic N) is 1. The van der Waals surface area contributed by atoms with E-state index in [1.165, 1.54) is 5.56 Å². The van der Waals surface area contributed by atoms with E-state index >= 15 is 0 Å². The van der Waals surface area contributed by atoms with Crippen molar-refractivity contribution in [2.75, 3.05) is 0 Å². The Bertz CT molecular complexity index is 1060. The van der Waals surface area contributed by atoms with Crippen LogP contribution in [-0.2, 0) is 0 Å². The topological polar surface area (TPSA) is 22.0 Å². The molecule has 4 aromatic rings. The predicted octanol–water partition coefficient (Wildman–Crippen LogP) is 4.97. The van der Waals surface area contributed by atoms with Crippen LogP contribution in [0, 0.1) is 6.92 Å². The molecular formula is C22H17NO. The van der Waals surface area contributed by atoms with Crippen molar-refractivity contribution in [3.63, 3.8) is 0 Å². The van der Waals surface area contributed by atoms with E-state index in [1.54, 1.807) is 10.6 Å². The molecule has 0 spiro atoms. The molecule has 1 heterocycles. The Morgan fingerprint density at radius 2 is 1.42 bits per heavy atom. The number of para-hydroxylation sites is 2. The monoisotopic (exact) mass is 311 g/mol. The van der Waals surface area contributed by atoms with Gasteiger partial charge >= 0.3 is 0 Å². The van der Waals surface area contributed by atoms with Gasteiger partial charge in [-0.2, -0.15) is 0 Å². The number of hydrogen-bond acceptors (Lipinski definition) is 1. The van der Waals surface area contributed by atoms with Crippen LogP contribution in [0.2, 0.25) is 0 Å². The maximum atomic E-state index is 12.9. The highest BCUT2D eigenvalue weighted by Crippen LogP contribution is 2.28. The molecule has 24 heavy (non-hydrogen) atoms. The summed E-state index contributed by atoms with van der Waals surface area (Å²) in [4.78, 5) is 12.9. The first-order chi connectivity index (χ1) is 11.7. The van der Waals surface area contributed by atoms with Crippen molar-refractivity contribution >= 4 is 10.9 Å². The van der Waals surface area contributed by atoms with Crippen molar-refractivity contribution in [3.05, 3.63) is 101 Å². The average Bonchev–Trinajstić information content (AvgIpc) is 2.62. The standard InChI is InChI=1S/C22H17NO/c1-16-11-13-17(14-12-16)20-15-22(24)23(18-7-3-2-4-8-18)21-10-6-5-9-19(20)21/h2-15H,1H3. The Labute approximate surface area is 140 Å². The molecule has 2 heteroatoms. The fourth-order valence-corrected chi connectivity index (χ4v) is 3.10. The minimum atomic E-state index is -0.0181. The van der Waals surface area contributed by atoms with Gasteiger partial charge in [0.15, 0.2) is 0 Å². The summed E-state index contributed by atoms with van der Waals surface area (Å²) in [6.45, 7) is 2.06. The Morgan fingerprint density at radius 3 is 2.17 bits per heavy atom. The molecule has 0 bridgehead atoms. The van der Waals surface area contributed by atoms with Crippen molar-refractivity contribution in [1.29, 1.82) is 0 Å². The van der Waals surface area contributed by atoms with Crippen LogP contribution in [0.15, 0.2) is 89.7 Å². The van der Waals surface area contributed by atoms with E-state index in [4.69, 9.17) is 0 Å². The normalized spacial score (nSPS) is 10.9. The lowest BCUT2D eigenvalue weighted by Gasteiger charge is -2.14. The van der Waals surface area contributed by atoms with Crippen molar-refractivity contribution in [3.8, 4) is 16.8 Å². The molecule has 0 saturated carbocycles. The van der Waals surface area contributed by atoms with E-state index in [9.17, 15) is 4.79 Å². The fraction of sp³-hybridized carbons (Fsp3) is 0.0455. The molecule has 2 nitrogen and oxygen atoms in total. The van der Waals surface area contributed by atoms with Crippen molar-refractivity contribution in [1.82, 2.24) is 4.57 Å². The summed E-state index contributed by atoms with van der Waals surface area (Å²) in [6.07, 6.45) is 0. The molecule has 0 atom stereocenters. The number of pyridine rings is 1. The SMILES string of the molecule is Cc1ccc(-c2cc(=O)n(-c3ccccc3)c3ccccc23)cc1. The molecule has 0 aliphatic rings. The number of aromatic nitrogens is 1. The molecular weight excluding hydrogens is 294 g/mol. The van der Waals surface area contributed by atoms with Gasteiger partial charge in [0.05, 0.1) is 5.52 Å². The average molecular weight is 311 g/mol. The summed E-state index contributed by atoms with van der Waals surface area (Å²) in [7, 11) is 0. The largest absolute Gasteiger partial charge is 0.277 e. The zero-order valence-corrected chi connectivity index (χ0v) is 13.4. The van der Waals surface area contributed by atoms with Gasteiger partial charge in [0.1, 0.15) is 0 Å². The van der Waals surface area contributed by atoms with Gasteiger partial charge in [-0.15, -0.1) is 0 Å². The molecule has 3 aromatic carbocycles. The summed E-state index contributed by atoms with van der Waals surface area (Å²) in [6, 6.07) is 27.9. The maximum absolute atomic E-state index is 12.9. The Morgan fingerprint density at radius 1 is 0.750 bits per heavy atom. The van der Waals surface area contributed by atoms with Crippen LogP contribution in [0.3, 0.4) is 0 Å². The van der Waals surface area contributed by atoms with E-state index in [-0.39, 0.29) is 5.56 Å². The highest BCUT2D eigenvalue weighted by atomic mass is 16.1. The van der Waals surface area contributed by atoms with E-state index in [0.29, 0.717) is 0 Å². The number of fused-ring (bicyclic) bond motifs is 1. The minimum absolute atomic E-state index is 0.0181. The first-order valence-corrected chi connectivity index (χ1v) is 8.01. The van der Waals surface area contributed by atoms with E-state index < -0.39 is 0 Å². The van der Waals surface area contributed by atoms with Crippen LogP contribution >= 0.6 is 0 Å². The summed E-state index contributed by atoms with van der Waals surface area (Å²) in [5, 5.41) is 1.07. The van der Waals surface area contributed by atoms with E-state index in [1.807, 2.05) is 48.5 Å². The lowest BCUT2D eigenvalue weighted by atomic mass is 10.00. The molecule has 116 valence electrons. The Kier molecular flexibility index (Phi) is 3.51. The third kappa shape index (κ3) is 2.42. The van der Waals surface area contributed by atoms with Gasteiger partial charge in [-0.05, 0) is 36.2 Å². The van der Waals surface area contributed by atoms with Crippen LogP contribution < -0.4 is 5.56 Å². The van der Waals surface area contributed by atoms with Crippen LogP contribution in [-0.4, -0.2) is 4.57 Å². The second-order valence-corrected chi connectivity index (χ2v) is 5.95. The smallest absolute Gasteiger partial charge is 0.256 e. The second kappa shape index (κ2) is 5.82. The predicted molar refractivity (Wildman–Crippen MR) is 99.7 cm³/mol. The van der Waals surface area contributed by atoms with Crippen molar-refractivity contribution in [2.45, 2.75) is 6.92 Å². The summed E-state index contributed by atoms with van der Waals surface area (Å²) < 4.78 is 1.77. The van der Waals surface area contributed by atoms with Gasteiger partial charge in [-0.3, -0.25) is 9.36 Å². The number of benzene rings is 3. The molecule has 0 amide bonds. The molecule has 0 saturated heterocycles. The molecule has 0 fully saturated rings. The van der Waals surface area contributed by atoms with Gasteiger partial charge in [-0.25, -0.2) is 0 Å². The zero-order valence-electron chi connectivity index (χ0n) is 13.4. The van der Waals surface area contributed by atoms with Gasteiger partial charge in [0.2, 0.25) is 0 Å². The molecule has 0 aliphatic heterocycles.